The van der Waals surface area contributed by atoms with Crippen molar-refractivity contribution in [1.82, 2.24) is 9.55 Å². The lowest BCUT2D eigenvalue weighted by atomic mass is 10.1. The predicted molar refractivity (Wildman–Crippen MR) is 96.6 cm³/mol. The van der Waals surface area contributed by atoms with Gasteiger partial charge in [0.25, 0.3) is 5.56 Å². The van der Waals surface area contributed by atoms with E-state index in [4.69, 9.17) is 11.6 Å². The summed E-state index contributed by atoms with van der Waals surface area (Å²) in [6.07, 6.45) is 4.14. The van der Waals surface area contributed by atoms with Gasteiger partial charge in [-0.05, 0) is 30.3 Å². The predicted octanol–water partition coefficient (Wildman–Crippen LogP) is 3.68. The maximum Gasteiger partial charge on any atom is 0.339 e. The molecule has 26 heavy (non-hydrogen) atoms. The van der Waals surface area contributed by atoms with Gasteiger partial charge in [-0.3, -0.25) is 9.78 Å². The fraction of sp³-hybridized carbons (Fsp3) is 0.0556. The third-order valence-electron chi connectivity index (χ3n) is 3.73. The van der Waals surface area contributed by atoms with Gasteiger partial charge in [-0.1, -0.05) is 11.6 Å². The SMILES string of the molecule is Cn1cc(Nc2ccncc2C(=O)O)cc(-c2cc(Cl)ccc2F)c1=O. The van der Waals surface area contributed by atoms with Crippen LogP contribution in [0.3, 0.4) is 0 Å². The number of aromatic carboxylic acids is 1. The van der Waals surface area contributed by atoms with Gasteiger partial charge in [0, 0.05) is 36.2 Å². The second-order valence-corrected chi connectivity index (χ2v) is 5.97. The number of nitrogens with one attached hydrogen (secondary N) is 1. The van der Waals surface area contributed by atoms with Crippen molar-refractivity contribution >= 4 is 28.9 Å². The van der Waals surface area contributed by atoms with Gasteiger partial charge in [0.1, 0.15) is 11.4 Å². The first-order valence-corrected chi connectivity index (χ1v) is 7.85. The van der Waals surface area contributed by atoms with Crippen LogP contribution in [0.1, 0.15) is 10.4 Å². The van der Waals surface area contributed by atoms with Crippen LogP contribution in [0.5, 0.6) is 0 Å². The molecule has 0 bridgehead atoms. The van der Waals surface area contributed by atoms with Gasteiger partial charge < -0.3 is 15.0 Å². The Kier molecular flexibility index (Phi) is 4.73. The molecule has 3 rings (SSSR count). The molecule has 2 aromatic heterocycles. The molecule has 0 aliphatic carbocycles. The molecule has 132 valence electrons. The van der Waals surface area contributed by atoms with Crippen LogP contribution < -0.4 is 10.9 Å². The summed E-state index contributed by atoms with van der Waals surface area (Å²) in [5.41, 5.74) is 0.430. The minimum absolute atomic E-state index is 0.0307. The average Bonchev–Trinajstić information content (AvgIpc) is 2.60. The number of carboxylic acid groups (broad SMARTS) is 1. The molecule has 2 heterocycles. The number of anilines is 2. The molecule has 6 nitrogen and oxygen atoms in total. The monoisotopic (exact) mass is 373 g/mol. The number of aromatic nitrogens is 2. The van der Waals surface area contributed by atoms with Gasteiger partial charge in [0.15, 0.2) is 0 Å². The van der Waals surface area contributed by atoms with E-state index in [1.54, 1.807) is 0 Å². The number of carbonyl (C=O) groups is 1. The van der Waals surface area contributed by atoms with E-state index in [1.165, 1.54) is 60.5 Å². The number of nitrogens with zero attached hydrogens (tertiary/aromatic N) is 2. The number of hydrogen-bond donors (Lipinski definition) is 2. The van der Waals surface area contributed by atoms with E-state index in [2.05, 4.69) is 10.3 Å². The Bertz CT molecular complexity index is 1070. The zero-order chi connectivity index (χ0) is 18.8. The van der Waals surface area contributed by atoms with E-state index >= 15 is 0 Å². The second-order valence-electron chi connectivity index (χ2n) is 5.53. The fourth-order valence-electron chi connectivity index (χ4n) is 2.51. The van der Waals surface area contributed by atoms with Crippen LogP contribution in [0, 0.1) is 5.82 Å². The normalized spacial score (nSPS) is 10.6. The number of rotatable bonds is 4. The van der Waals surface area contributed by atoms with Crippen molar-refractivity contribution in [1.29, 1.82) is 0 Å². The van der Waals surface area contributed by atoms with Crippen molar-refractivity contribution in [3.05, 3.63) is 75.7 Å². The Labute approximate surface area is 152 Å². The minimum atomic E-state index is -1.15. The molecule has 0 atom stereocenters. The Morgan fingerprint density at radius 2 is 2.04 bits per heavy atom. The van der Waals surface area contributed by atoms with Gasteiger partial charge in [-0.2, -0.15) is 0 Å². The number of pyridine rings is 2. The van der Waals surface area contributed by atoms with E-state index in [0.717, 1.165) is 0 Å². The van der Waals surface area contributed by atoms with Crippen molar-refractivity contribution in [3.8, 4) is 11.1 Å². The summed E-state index contributed by atoms with van der Waals surface area (Å²) in [5, 5.41) is 12.5. The molecule has 2 N–H and O–H groups in total. The molecule has 0 radical (unpaired) electrons. The summed E-state index contributed by atoms with van der Waals surface area (Å²) in [6, 6.07) is 6.88. The Balaban J connectivity index is 2.12. The third kappa shape index (κ3) is 3.43. The molecule has 0 amide bonds. The zero-order valence-electron chi connectivity index (χ0n) is 13.5. The summed E-state index contributed by atoms with van der Waals surface area (Å²) in [6.45, 7) is 0. The smallest absolute Gasteiger partial charge is 0.339 e. The number of benzene rings is 1. The minimum Gasteiger partial charge on any atom is -0.478 e. The molecule has 0 aliphatic rings. The van der Waals surface area contributed by atoms with Gasteiger partial charge in [0.2, 0.25) is 0 Å². The summed E-state index contributed by atoms with van der Waals surface area (Å²) < 4.78 is 15.5. The van der Waals surface area contributed by atoms with Crippen LogP contribution >= 0.6 is 11.6 Å². The average molecular weight is 374 g/mol. The summed E-state index contributed by atoms with van der Waals surface area (Å²) in [5.74, 6) is -1.73. The molecular formula is C18H13ClFN3O3. The van der Waals surface area contributed by atoms with Gasteiger partial charge in [0.05, 0.1) is 16.9 Å². The Morgan fingerprint density at radius 1 is 1.27 bits per heavy atom. The molecular weight excluding hydrogens is 361 g/mol. The zero-order valence-corrected chi connectivity index (χ0v) is 14.3. The largest absolute Gasteiger partial charge is 0.478 e. The highest BCUT2D eigenvalue weighted by molar-refractivity contribution is 6.30. The van der Waals surface area contributed by atoms with Crippen LogP contribution in [0.4, 0.5) is 15.8 Å². The molecule has 0 fully saturated rings. The maximum absolute atomic E-state index is 14.2. The van der Waals surface area contributed by atoms with Crippen LogP contribution in [0.15, 0.2) is 53.7 Å². The molecule has 0 saturated heterocycles. The lowest BCUT2D eigenvalue weighted by Gasteiger charge is -2.13. The van der Waals surface area contributed by atoms with Crippen molar-refractivity contribution in [3.63, 3.8) is 0 Å². The van der Waals surface area contributed by atoms with Crippen LogP contribution in [-0.2, 0) is 7.05 Å². The number of carboxylic acids is 1. The molecule has 0 saturated carbocycles. The van der Waals surface area contributed by atoms with Crippen LogP contribution in [0.25, 0.3) is 11.1 Å². The topological polar surface area (TPSA) is 84.2 Å². The molecule has 0 unspecified atom stereocenters. The Hall–Kier alpha value is -3.19. The van der Waals surface area contributed by atoms with Crippen LogP contribution in [0.2, 0.25) is 5.02 Å². The number of aryl methyl sites for hydroxylation is 1. The van der Waals surface area contributed by atoms with Crippen molar-refractivity contribution in [2.75, 3.05) is 5.32 Å². The summed E-state index contributed by atoms with van der Waals surface area (Å²) >= 11 is 5.92. The fourth-order valence-corrected chi connectivity index (χ4v) is 2.68. The highest BCUT2D eigenvalue weighted by Gasteiger charge is 2.14. The quantitative estimate of drug-likeness (QED) is 0.728. The van der Waals surface area contributed by atoms with Crippen LogP contribution in [-0.4, -0.2) is 20.6 Å². The number of hydrogen-bond acceptors (Lipinski definition) is 4. The molecule has 3 aromatic rings. The maximum atomic E-state index is 14.2. The highest BCUT2D eigenvalue weighted by atomic mass is 35.5. The highest BCUT2D eigenvalue weighted by Crippen LogP contribution is 2.27. The summed E-state index contributed by atoms with van der Waals surface area (Å²) in [7, 11) is 1.52. The molecule has 0 aliphatic heterocycles. The van der Waals surface area contributed by atoms with Gasteiger partial charge in [-0.25, -0.2) is 9.18 Å². The van der Waals surface area contributed by atoms with E-state index in [9.17, 15) is 19.1 Å². The molecule has 8 heteroatoms. The van der Waals surface area contributed by atoms with Gasteiger partial charge >= 0.3 is 5.97 Å². The van der Waals surface area contributed by atoms with Crippen molar-refractivity contribution < 1.29 is 14.3 Å². The first-order valence-electron chi connectivity index (χ1n) is 7.47. The van der Waals surface area contributed by atoms with E-state index in [1.807, 2.05) is 0 Å². The molecule has 1 aromatic carbocycles. The van der Waals surface area contributed by atoms with Crippen molar-refractivity contribution in [2.45, 2.75) is 0 Å². The van der Waals surface area contributed by atoms with E-state index in [-0.39, 0.29) is 16.7 Å². The lowest BCUT2D eigenvalue weighted by molar-refractivity contribution is 0.0697. The second kappa shape index (κ2) is 6.97. The first kappa shape index (κ1) is 17.6. The Morgan fingerprint density at radius 3 is 2.77 bits per heavy atom. The standard InChI is InChI=1S/C18H13ClFN3O3/c1-23-9-11(22-16-4-5-21-8-14(16)18(25)26)7-13(17(23)24)12-6-10(19)2-3-15(12)20/h2-9H,1H3,(H,21,22)(H,25,26). The van der Waals surface area contributed by atoms with Crippen molar-refractivity contribution in [2.24, 2.45) is 7.05 Å². The number of halogens is 2. The lowest BCUT2D eigenvalue weighted by Crippen LogP contribution is -2.19. The molecule has 0 spiro atoms. The van der Waals surface area contributed by atoms with E-state index in [0.29, 0.717) is 16.4 Å². The first-order chi connectivity index (χ1) is 12.4. The third-order valence-corrected chi connectivity index (χ3v) is 3.97. The summed E-state index contributed by atoms with van der Waals surface area (Å²) in [4.78, 5) is 27.5. The van der Waals surface area contributed by atoms with Gasteiger partial charge in [-0.15, -0.1) is 0 Å². The van der Waals surface area contributed by atoms with E-state index < -0.39 is 17.3 Å².